The van der Waals surface area contributed by atoms with Crippen LogP contribution in [0.1, 0.15) is 37.6 Å². The van der Waals surface area contributed by atoms with Gasteiger partial charge in [-0.05, 0) is 49.9 Å². The van der Waals surface area contributed by atoms with Crippen molar-refractivity contribution < 1.29 is 8.42 Å². The predicted octanol–water partition coefficient (Wildman–Crippen LogP) is 2.07. The molecule has 140 valence electrons. The number of nitrogens with one attached hydrogen (secondary N) is 1. The summed E-state index contributed by atoms with van der Waals surface area (Å²) in [6.45, 7) is 7.58. The van der Waals surface area contributed by atoms with Gasteiger partial charge in [0.15, 0.2) is 0 Å². The number of aryl methyl sites for hydroxylation is 1. The maximum atomic E-state index is 11.6. The van der Waals surface area contributed by atoms with Gasteiger partial charge in [0.05, 0.1) is 4.90 Å². The van der Waals surface area contributed by atoms with E-state index in [0.29, 0.717) is 12.5 Å². The van der Waals surface area contributed by atoms with Crippen molar-refractivity contribution in [3.05, 3.63) is 41.1 Å². The Kier molecular flexibility index (Phi) is 5.15. The number of anilines is 2. The normalized spacial score (nSPS) is 14.4. The van der Waals surface area contributed by atoms with Crippen LogP contribution in [-0.2, 0) is 29.4 Å². The summed E-state index contributed by atoms with van der Waals surface area (Å²) in [4.78, 5) is 11.5. The van der Waals surface area contributed by atoms with E-state index < -0.39 is 10.0 Å². The van der Waals surface area contributed by atoms with Crippen LogP contribution in [0.3, 0.4) is 0 Å². The first-order chi connectivity index (χ1) is 12.3. The Morgan fingerprint density at radius 1 is 1.23 bits per heavy atom. The predicted molar refractivity (Wildman–Crippen MR) is 103 cm³/mol. The molecule has 1 aromatic carbocycles. The Bertz CT molecular complexity index is 912. The number of nitrogens with two attached hydrogens (primary N) is 1. The molecular formula is C18H25N5O2S. The van der Waals surface area contributed by atoms with Gasteiger partial charge in [-0.1, -0.05) is 13.0 Å². The molecule has 0 atom stereocenters. The molecule has 7 nitrogen and oxygen atoms in total. The van der Waals surface area contributed by atoms with E-state index in [1.807, 2.05) is 26.0 Å². The minimum absolute atomic E-state index is 0.150. The second-order valence-electron chi connectivity index (χ2n) is 6.84. The molecule has 0 radical (unpaired) electrons. The molecule has 8 heteroatoms. The van der Waals surface area contributed by atoms with E-state index in [2.05, 4.69) is 27.1 Å². The summed E-state index contributed by atoms with van der Waals surface area (Å²) in [6, 6.07) is 7.35. The maximum absolute atomic E-state index is 11.6. The third-order valence-electron chi connectivity index (χ3n) is 4.39. The largest absolute Gasteiger partial charge is 0.352 e. The van der Waals surface area contributed by atoms with Crippen LogP contribution in [0.25, 0.3) is 0 Å². The van der Waals surface area contributed by atoms with Gasteiger partial charge in [-0.3, -0.25) is 0 Å². The average molecular weight is 375 g/mol. The standard InChI is InChI=1S/C18H25N5O2S/c1-4-15-10-17(22-18(21-15)20-12(2)3)23-8-7-13-5-6-16(26(19,24)25)9-14(13)11-23/h5-6,9-10,12H,4,7-8,11H2,1-3H3,(H2,19,24,25)(H,20,21,22). The van der Waals surface area contributed by atoms with E-state index in [9.17, 15) is 8.42 Å². The van der Waals surface area contributed by atoms with Crippen LogP contribution in [0.5, 0.6) is 0 Å². The Morgan fingerprint density at radius 2 is 2.00 bits per heavy atom. The first kappa shape index (κ1) is 18.6. The number of fused-ring (bicyclic) bond motifs is 1. The van der Waals surface area contributed by atoms with E-state index in [0.717, 1.165) is 42.0 Å². The van der Waals surface area contributed by atoms with Crippen molar-refractivity contribution in [3.63, 3.8) is 0 Å². The molecule has 0 amide bonds. The summed E-state index contributed by atoms with van der Waals surface area (Å²) in [5.41, 5.74) is 3.10. The van der Waals surface area contributed by atoms with Crippen LogP contribution in [0.15, 0.2) is 29.2 Å². The highest BCUT2D eigenvalue weighted by atomic mass is 32.2. The van der Waals surface area contributed by atoms with Crippen LogP contribution in [0.4, 0.5) is 11.8 Å². The number of primary sulfonamides is 1. The topological polar surface area (TPSA) is 101 Å². The maximum Gasteiger partial charge on any atom is 0.238 e. The Morgan fingerprint density at radius 3 is 2.65 bits per heavy atom. The number of hydrogen-bond donors (Lipinski definition) is 2. The molecule has 0 fully saturated rings. The number of sulfonamides is 1. The van der Waals surface area contributed by atoms with Crippen molar-refractivity contribution in [2.45, 2.75) is 51.1 Å². The van der Waals surface area contributed by atoms with E-state index in [-0.39, 0.29) is 10.9 Å². The van der Waals surface area contributed by atoms with E-state index in [1.165, 1.54) is 0 Å². The second-order valence-corrected chi connectivity index (χ2v) is 8.40. The molecule has 0 spiro atoms. The molecule has 0 unspecified atom stereocenters. The Balaban J connectivity index is 1.92. The summed E-state index contributed by atoms with van der Waals surface area (Å²) in [7, 11) is -3.70. The number of nitrogens with zero attached hydrogens (tertiary/aromatic N) is 3. The van der Waals surface area contributed by atoms with E-state index in [1.54, 1.807) is 12.1 Å². The van der Waals surface area contributed by atoms with Crippen molar-refractivity contribution in [1.82, 2.24) is 9.97 Å². The number of benzene rings is 1. The second kappa shape index (κ2) is 7.20. The molecule has 3 rings (SSSR count). The van der Waals surface area contributed by atoms with E-state index in [4.69, 9.17) is 5.14 Å². The van der Waals surface area contributed by atoms with Gasteiger partial charge in [-0.2, -0.15) is 4.98 Å². The van der Waals surface area contributed by atoms with Gasteiger partial charge >= 0.3 is 0 Å². The summed E-state index contributed by atoms with van der Waals surface area (Å²) >= 11 is 0. The highest BCUT2D eigenvalue weighted by Gasteiger charge is 2.21. The van der Waals surface area contributed by atoms with Gasteiger partial charge < -0.3 is 10.2 Å². The molecule has 2 heterocycles. The van der Waals surface area contributed by atoms with Crippen LogP contribution in [-0.4, -0.2) is 31.0 Å². The minimum atomic E-state index is -3.70. The number of hydrogen-bond acceptors (Lipinski definition) is 6. The molecule has 0 saturated heterocycles. The lowest BCUT2D eigenvalue weighted by atomic mass is 10.00. The fraction of sp³-hybridized carbons (Fsp3) is 0.444. The molecule has 1 aromatic heterocycles. The van der Waals surface area contributed by atoms with Gasteiger partial charge in [0.2, 0.25) is 16.0 Å². The number of aromatic nitrogens is 2. The molecule has 1 aliphatic rings. The van der Waals surface area contributed by atoms with Crippen LogP contribution in [0, 0.1) is 0 Å². The molecular weight excluding hydrogens is 350 g/mol. The van der Waals surface area contributed by atoms with Gasteiger partial charge in [0.25, 0.3) is 0 Å². The van der Waals surface area contributed by atoms with Gasteiger partial charge in [0.1, 0.15) is 5.82 Å². The zero-order valence-corrected chi connectivity index (χ0v) is 16.2. The summed E-state index contributed by atoms with van der Waals surface area (Å²) < 4.78 is 23.3. The SMILES string of the molecule is CCc1cc(N2CCc3ccc(S(N)(=O)=O)cc3C2)nc(NC(C)C)n1. The fourth-order valence-electron chi connectivity index (χ4n) is 3.05. The Hall–Kier alpha value is -2.19. The molecule has 1 aliphatic heterocycles. The van der Waals surface area contributed by atoms with E-state index >= 15 is 0 Å². The van der Waals surface area contributed by atoms with Crippen LogP contribution in [0.2, 0.25) is 0 Å². The van der Waals surface area contributed by atoms with Crippen molar-refractivity contribution in [3.8, 4) is 0 Å². The lowest BCUT2D eigenvalue weighted by molar-refractivity contribution is 0.597. The molecule has 0 aliphatic carbocycles. The molecule has 2 aromatic rings. The van der Waals surface area contributed by atoms with Crippen molar-refractivity contribution in [1.29, 1.82) is 0 Å². The zero-order chi connectivity index (χ0) is 18.9. The molecule has 0 bridgehead atoms. The average Bonchev–Trinajstić information content (AvgIpc) is 2.59. The van der Waals surface area contributed by atoms with Crippen LogP contribution >= 0.6 is 0 Å². The minimum Gasteiger partial charge on any atom is -0.352 e. The van der Waals surface area contributed by atoms with Crippen molar-refractivity contribution in [2.24, 2.45) is 5.14 Å². The Labute approximate surface area is 154 Å². The smallest absolute Gasteiger partial charge is 0.238 e. The first-order valence-corrected chi connectivity index (χ1v) is 10.3. The van der Waals surface area contributed by atoms with Crippen LogP contribution < -0.4 is 15.4 Å². The van der Waals surface area contributed by atoms with Crippen molar-refractivity contribution >= 4 is 21.8 Å². The lowest BCUT2D eigenvalue weighted by Crippen LogP contribution is -2.32. The monoisotopic (exact) mass is 375 g/mol. The summed E-state index contributed by atoms with van der Waals surface area (Å²) in [6.07, 6.45) is 1.65. The molecule has 3 N–H and O–H groups in total. The van der Waals surface area contributed by atoms with Gasteiger partial charge in [-0.25, -0.2) is 18.5 Å². The highest BCUT2D eigenvalue weighted by Crippen LogP contribution is 2.26. The van der Waals surface area contributed by atoms with Crippen molar-refractivity contribution in [2.75, 3.05) is 16.8 Å². The lowest BCUT2D eigenvalue weighted by Gasteiger charge is -2.30. The zero-order valence-electron chi connectivity index (χ0n) is 15.4. The molecule has 0 saturated carbocycles. The number of rotatable bonds is 5. The fourth-order valence-corrected chi connectivity index (χ4v) is 3.62. The highest BCUT2D eigenvalue weighted by molar-refractivity contribution is 7.89. The summed E-state index contributed by atoms with van der Waals surface area (Å²) in [5, 5.41) is 8.53. The quantitative estimate of drug-likeness (QED) is 0.830. The third kappa shape index (κ3) is 4.13. The first-order valence-electron chi connectivity index (χ1n) is 8.80. The summed E-state index contributed by atoms with van der Waals surface area (Å²) in [5.74, 6) is 1.48. The third-order valence-corrected chi connectivity index (χ3v) is 5.30. The van der Waals surface area contributed by atoms with Gasteiger partial charge in [-0.15, -0.1) is 0 Å². The molecule has 26 heavy (non-hydrogen) atoms. The van der Waals surface area contributed by atoms with Gasteiger partial charge in [0, 0.05) is 30.9 Å².